The molecular formula is C22H34O3. The molecule has 0 saturated carbocycles. The average molecular weight is 347 g/mol. The molecule has 0 amide bonds. The maximum Gasteiger partial charge on any atom is 0.163 e. The van der Waals surface area contributed by atoms with Crippen molar-refractivity contribution in [1.29, 1.82) is 0 Å². The standard InChI is InChI=1S/C22H34O3/c1-8-16(2)19-17(3)20(25-22(6,7)24-19)21(4,5)15-23-14-18-12-10-9-11-13-18/h8-13,16-17,19-20H,1,14-15H2,2-7H3/t16-,17+,19-,20+/m0/s1. The van der Waals surface area contributed by atoms with E-state index >= 15 is 0 Å². The van der Waals surface area contributed by atoms with Crippen molar-refractivity contribution in [3.8, 4) is 0 Å². The number of hydrogen-bond acceptors (Lipinski definition) is 3. The molecule has 1 saturated heterocycles. The molecule has 2 rings (SSSR count). The summed E-state index contributed by atoms with van der Waals surface area (Å²) in [4.78, 5) is 0. The molecule has 1 aromatic rings. The van der Waals surface area contributed by atoms with Gasteiger partial charge in [-0.05, 0) is 19.4 Å². The van der Waals surface area contributed by atoms with Crippen LogP contribution in [0.5, 0.6) is 0 Å². The summed E-state index contributed by atoms with van der Waals surface area (Å²) < 4.78 is 18.6. The Hall–Kier alpha value is -1.16. The van der Waals surface area contributed by atoms with Crippen LogP contribution in [0.2, 0.25) is 0 Å². The minimum Gasteiger partial charge on any atom is -0.376 e. The van der Waals surface area contributed by atoms with Gasteiger partial charge >= 0.3 is 0 Å². The third-order valence-electron chi connectivity index (χ3n) is 5.07. The first-order chi connectivity index (χ1) is 11.7. The molecule has 0 radical (unpaired) electrons. The summed E-state index contributed by atoms with van der Waals surface area (Å²) in [5.41, 5.74) is 1.08. The summed E-state index contributed by atoms with van der Waals surface area (Å²) in [6.07, 6.45) is 2.12. The fourth-order valence-corrected chi connectivity index (χ4v) is 3.73. The fraction of sp³-hybridized carbons (Fsp3) is 0.636. The lowest BCUT2D eigenvalue weighted by Gasteiger charge is -2.51. The Kier molecular flexibility index (Phi) is 6.47. The lowest BCUT2D eigenvalue weighted by atomic mass is 9.75. The van der Waals surface area contributed by atoms with Crippen LogP contribution in [0.4, 0.5) is 0 Å². The molecule has 0 bridgehead atoms. The highest BCUT2D eigenvalue weighted by Gasteiger charge is 2.48. The van der Waals surface area contributed by atoms with E-state index in [1.807, 2.05) is 38.1 Å². The van der Waals surface area contributed by atoms with Crippen molar-refractivity contribution in [2.75, 3.05) is 6.61 Å². The first-order valence-corrected chi connectivity index (χ1v) is 9.26. The Bertz CT molecular complexity index is 550. The number of benzene rings is 1. The van der Waals surface area contributed by atoms with E-state index in [2.05, 4.69) is 46.4 Å². The molecule has 3 heteroatoms. The van der Waals surface area contributed by atoms with Crippen LogP contribution in [0.1, 0.15) is 47.1 Å². The van der Waals surface area contributed by atoms with Gasteiger partial charge in [-0.2, -0.15) is 0 Å². The van der Waals surface area contributed by atoms with Crippen molar-refractivity contribution < 1.29 is 14.2 Å². The molecule has 0 aliphatic carbocycles. The zero-order chi connectivity index (χ0) is 18.7. The lowest BCUT2D eigenvalue weighted by molar-refractivity contribution is -0.343. The van der Waals surface area contributed by atoms with Crippen LogP contribution in [-0.2, 0) is 20.8 Å². The maximum atomic E-state index is 6.34. The third-order valence-corrected chi connectivity index (χ3v) is 5.07. The molecule has 4 atom stereocenters. The van der Waals surface area contributed by atoms with Crippen LogP contribution in [-0.4, -0.2) is 24.6 Å². The quantitative estimate of drug-likeness (QED) is 0.635. The minimum absolute atomic E-state index is 0.0550. The zero-order valence-corrected chi connectivity index (χ0v) is 16.6. The number of rotatable bonds is 7. The van der Waals surface area contributed by atoms with Gasteiger partial charge in [-0.25, -0.2) is 0 Å². The van der Waals surface area contributed by atoms with Gasteiger partial charge in [0, 0.05) is 17.3 Å². The Morgan fingerprint density at radius 1 is 1.24 bits per heavy atom. The lowest BCUT2D eigenvalue weighted by Crippen LogP contribution is -2.57. The van der Waals surface area contributed by atoms with Gasteiger partial charge < -0.3 is 14.2 Å². The van der Waals surface area contributed by atoms with Crippen LogP contribution in [0.15, 0.2) is 43.0 Å². The molecule has 1 heterocycles. The topological polar surface area (TPSA) is 27.7 Å². The SMILES string of the molecule is C=C[C@H](C)[C@@H]1OC(C)(C)O[C@@H](C(C)(C)COCc2ccccc2)[C@@H]1C. The van der Waals surface area contributed by atoms with Crippen LogP contribution in [0.3, 0.4) is 0 Å². The Labute approximate surface area is 153 Å². The van der Waals surface area contributed by atoms with Gasteiger partial charge in [0.25, 0.3) is 0 Å². The molecule has 1 aromatic carbocycles. The van der Waals surface area contributed by atoms with Gasteiger partial charge in [0.2, 0.25) is 0 Å². The van der Waals surface area contributed by atoms with Gasteiger partial charge in [0.05, 0.1) is 25.4 Å². The van der Waals surface area contributed by atoms with Gasteiger partial charge in [0.1, 0.15) is 0 Å². The molecule has 0 N–H and O–H groups in total. The van der Waals surface area contributed by atoms with Crippen molar-refractivity contribution >= 4 is 0 Å². The molecule has 1 aliphatic heterocycles. The molecule has 140 valence electrons. The van der Waals surface area contributed by atoms with Crippen LogP contribution >= 0.6 is 0 Å². The summed E-state index contributed by atoms with van der Waals surface area (Å²) in [7, 11) is 0. The van der Waals surface area contributed by atoms with Crippen molar-refractivity contribution in [2.24, 2.45) is 17.3 Å². The van der Waals surface area contributed by atoms with Gasteiger partial charge in [0.15, 0.2) is 5.79 Å². The van der Waals surface area contributed by atoms with Crippen LogP contribution in [0, 0.1) is 17.3 Å². The molecule has 1 aliphatic rings. The second kappa shape index (κ2) is 8.03. The molecule has 0 spiro atoms. The van der Waals surface area contributed by atoms with E-state index in [1.165, 1.54) is 5.56 Å². The molecular weight excluding hydrogens is 312 g/mol. The maximum absolute atomic E-state index is 6.34. The minimum atomic E-state index is -0.601. The number of hydrogen-bond donors (Lipinski definition) is 0. The normalized spacial score (nSPS) is 27.7. The van der Waals surface area contributed by atoms with E-state index in [0.717, 1.165) is 0 Å². The predicted octanol–water partition coefficient (Wildman–Crippen LogP) is 5.21. The third kappa shape index (κ3) is 5.16. The first-order valence-electron chi connectivity index (χ1n) is 9.26. The second-order valence-corrected chi connectivity index (χ2v) is 8.44. The van der Waals surface area contributed by atoms with Gasteiger partial charge in [-0.1, -0.05) is 64.1 Å². The van der Waals surface area contributed by atoms with Crippen molar-refractivity contribution in [2.45, 2.75) is 66.1 Å². The summed E-state index contributed by atoms with van der Waals surface area (Å²) in [6.45, 7) is 18.0. The average Bonchev–Trinajstić information content (AvgIpc) is 2.56. The molecule has 25 heavy (non-hydrogen) atoms. The summed E-state index contributed by atoms with van der Waals surface area (Å²) in [6, 6.07) is 10.3. The van der Waals surface area contributed by atoms with Crippen LogP contribution < -0.4 is 0 Å². The Balaban J connectivity index is 2.05. The molecule has 1 fully saturated rings. The predicted molar refractivity (Wildman–Crippen MR) is 102 cm³/mol. The van der Waals surface area contributed by atoms with Crippen LogP contribution in [0.25, 0.3) is 0 Å². The van der Waals surface area contributed by atoms with Crippen molar-refractivity contribution in [3.05, 3.63) is 48.6 Å². The number of ether oxygens (including phenoxy) is 3. The Morgan fingerprint density at radius 3 is 2.48 bits per heavy atom. The summed E-state index contributed by atoms with van der Waals surface area (Å²) in [5, 5.41) is 0. The van der Waals surface area contributed by atoms with E-state index < -0.39 is 5.79 Å². The molecule has 3 nitrogen and oxygen atoms in total. The van der Waals surface area contributed by atoms with E-state index in [1.54, 1.807) is 0 Å². The van der Waals surface area contributed by atoms with E-state index in [4.69, 9.17) is 14.2 Å². The first kappa shape index (κ1) is 20.2. The zero-order valence-electron chi connectivity index (χ0n) is 16.6. The molecule has 0 unspecified atom stereocenters. The van der Waals surface area contributed by atoms with E-state index in [-0.39, 0.29) is 29.5 Å². The van der Waals surface area contributed by atoms with E-state index in [0.29, 0.717) is 13.2 Å². The smallest absolute Gasteiger partial charge is 0.163 e. The highest BCUT2D eigenvalue weighted by Crippen LogP contribution is 2.42. The Morgan fingerprint density at radius 2 is 1.88 bits per heavy atom. The van der Waals surface area contributed by atoms with Crippen molar-refractivity contribution in [3.63, 3.8) is 0 Å². The fourth-order valence-electron chi connectivity index (χ4n) is 3.73. The summed E-state index contributed by atoms with van der Waals surface area (Å²) in [5.74, 6) is -0.0615. The monoisotopic (exact) mass is 346 g/mol. The van der Waals surface area contributed by atoms with Gasteiger partial charge in [-0.15, -0.1) is 6.58 Å². The second-order valence-electron chi connectivity index (χ2n) is 8.44. The largest absolute Gasteiger partial charge is 0.376 e. The van der Waals surface area contributed by atoms with Crippen molar-refractivity contribution in [1.82, 2.24) is 0 Å². The molecule has 0 aromatic heterocycles. The highest BCUT2D eigenvalue weighted by molar-refractivity contribution is 5.13. The van der Waals surface area contributed by atoms with E-state index in [9.17, 15) is 0 Å². The van der Waals surface area contributed by atoms with Gasteiger partial charge in [-0.3, -0.25) is 0 Å². The summed E-state index contributed by atoms with van der Waals surface area (Å²) >= 11 is 0. The highest BCUT2D eigenvalue weighted by atomic mass is 16.7.